The molecular weight excluding hydrogens is 282 g/mol. The lowest BCUT2D eigenvalue weighted by Crippen LogP contribution is -2.22. The number of nitrogen functional groups attached to an aromatic ring is 1. The number of hydrogen-bond donors (Lipinski definition) is 3. The number of hydrogen-bond acceptors (Lipinski definition) is 6. The van der Waals surface area contributed by atoms with E-state index >= 15 is 0 Å². The first kappa shape index (κ1) is 16.7. The van der Waals surface area contributed by atoms with E-state index in [4.69, 9.17) is 15.6 Å². The highest BCUT2D eigenvalue weighted by atomic mass is 32.2. The third-order valence-corrected chi connectivity index (χ3v) is 4.41. The number of aliphatic hydroxyl groups is 1. The summed E-state index contributed by atoms with van der Waals surface area (Å²) < 4.78 is 30.1. The van der Waals surface area contributed by atoms with E-state index in [2.05, 4.69) is 5.32 Å². The fourth-order valence-corrected chi connectivity index (χ4v) is 2.44. The molecule has 0 fully saturated rings. The van der Waals surface area contributed by atoms with E-state index in [1.165, 1.54) is 26.2 Å². The number of rotatable bonds is 8. The molecule has 0 amide bonds. The Hall–Kier alpha value is -1.35. The molecule has 0 aliphatic rings. The molecule has 0 spiro atoms. The Bertz CT molecular complexity index is 532. The van der Waals surface area contributed by atoms with Gasteiger partial charge in [0.15, 0.2) is 0 Å². The average molecular weight is 303 g/mol. The van der Waals surface area contributed by atoms with Crippen LogP contribution in [0.15, 0.2) is 23.1 Å². The minimum Gasteiger partial charge on any atom is -0.397 e. The molecule has 20 heavy (non-hydrogen) atoms. The van der Waals surface area contributed by atoms with Gasteiger partial charge >= 0.3 is 0 Å². The van der Waals surface area contributed by atoms with Gasteiger partial charge in [-0.05, 0) is 18.2 Å². The highest BCUT2D eigenvalue weighted by molar-refractivity contribution is 7.89. The van der Waals surface area contributed by atoms with E-state index in [-0.39, 0.29) is 18.1 Å². The number of aliphatic hydroxyl groups excluding tert-OH is 1. The summed E-state index contributed by atoms with van der Waals surface area (Å²) in [6.07, 6.45) is 0. The van der Waals surface area contributed by atoms with Gasteiger partial charge in [0.2, 0.25) is 10.0 Å². The fraction of sp³-hybridized carbons (Fsp3) is 0.500. The summed E-state index contributed by atoms with van der Waals surface area (Å²) >= 11 is 0. The molecule has 0 aliphatic carbocycles. The van der Waals surface area contributed by atoms with E-state index < -0.39 is 10.0 Å². The number of anilines is 2. The molecule has 0 aromatic heterocycles. The summed E-state index contributed by atoms with van der Waals surface area (Å²) in [6, 6.07) is 4.55. The topological polar surface area (TPSA) is 105 Å². The van der Waals surface area contributed by atoms with Crippen LogP contribution >= 0.6 is 0 Å². The summed E-state index contributed by atoms with van der Waals surface area (Å²) in [5, 5.41) is 11.6. The molecule has 8 heteroatoms. The zero-order chi connectivity index (χ0) is 15.2. The second-order valence-electron chi connectivity index (χ2n) is 4.30. The van der Waals surface area contributed by atoms with Gasteiger partial charge in [0.1, 0.15) is 0 Å². The van der Waals surface area contributed by atoms with Crippen LogP contribution in [0.4, 0.5) is 11.4 Å². The summed E-state index contributed by atoms with van der Waals surface area (Å²) in [4.78, 5) is 0.155. The lowest BCUT2D eigenvalue weighted by molar-refractivity contribution is 0.0992. The molecule has 0 heterocycles. The maximum absolute atomic E-state index is 11.9. The van der Waals surface area contributed by atoms with Crippen molar-refractivity contribution in [2.75, 3.05) is 51.5 Å². The number of nitrogens with zero attached hydrogens (tertiary/aromatic N) is 1. The molecule has 1 rings (SSSR count). The van der Waals surface area contributed by atoms with E-state index in [9.17, 15) is 8.42 Å². The van der Waals surface area contributed by atoms with Crippen LogP contribution in [0, 0.1) is 0 Å². The van der Waals surface area contributed by atoms with Crippen molar-refractivity contribution in [3.63, 3.8) is 0 Å². The van der Waals surface area contributed by atoms with Crippen molar-refractivity contribution >= 4 is 21.4 Å². The molecule has 114 valence electrons. The van der Waals surface area contributed by atoms with Crippen LogP contribution in [0.3, 0.4) is 0 Å². The predicted molar refractivity (Wildman–Crippen MR) is 78.1 cm³/mol. The normalized spacial score (nSPS) is 11.8. The van der Waals surface area contributed by atoms with Crippen LogP contribution in [0.2, 0.25) is 0 Å². The first-order chi connectivity index (χ1) is 9.39. The Kier molecular flexibility index (Phi) is 6.21. The summed E-state index contributed by atoms with van der Waals surface area (Å²) in [5.74, 6) is 0. The molecule has 0 aliphatic heterocycles. The van der Waals surface area contributed by atoms with Crippen LogP contribution in [-0.2, 0) is 14.8 Å². The van der Waals surface area contributed by atoms with Crippen LogP contribution < -0.4 is 11.1 Å². The van der Waals surface area contributed by atoms with E-state index in [0.717, 1.165) is 4.31 Å². The third kappa shape index (κ3) is 4.34. The monoisotopic (exact) mass is 303 g/mol. The molecule has 0 bridgehead atoms. The number of nitrogens with two attached hydrogens (primary N) is 1. The molecule has 0 unspecified atom stereocenters. The van der Waals surface area contributed by atoms with E-state index in [1.54, 1.807) is 6.07 Å². The molecular formula is C12H21N3O4S. The number of ether oxygens (including phenoxy) is 1. The largest absolute Gasteiger partial charge is 0.397 e. The first-order valence-corrected chi connectivity index (χ1v) is 7.58. The fourth-order valence-electron chi connectivity index (χ4n) is 1.50. The standard InChI is InChI=1S/C12H21N3O4S/c1-15(2)20(17,18)10-3-4-12(11(13)9-10)14-5-7-19-8-6-16/h3-4,9,14,16H,5-8,13H2,1-2H3. The van der Waals surface area contributed by atoms with Gasteiger partial charge in [0.05, 0.1) is 36.1 Å². The average Bonchev–Trinajstić information content (AvgIpc) is 2.39. The Morgan fingerprint density at radius 2 is 2.05 bits per heavy atom. The zero-order valence-corrected chi connectivity index (χ0v) is 12.5. The highest BCUT2D eigenvalue weighted by Gasteiger charge is 2.17. The van der Waals surface area contributed by atoms with Gasteiger partial charge in [-0.1, -0.05) is 0 Å². The predicted octanol–water partition coefficient (Wildman–Crippen LogP) is -0.0601. The van der Waals surface area contributed by atoms with E-state index in [1.807, 2.05) is 0 Å². The van der Waals surface area contributed by atoms with Crippen molar-refractivity contribution < 1.29 is 18.3 Å². The minimum atomic E-state index is -3.48. The van der Waals surface area contributed by atoms with Crippen LogP contribution in [0.5, 0.6) is 0 Å². The molecule has 0 radical (unpaired) electrons. The number of benzene rings is 1. The Morgan fingerprint density at radius 1 is 1.35 bits per heavy atom. The van der Waals surface area contributed by atoms with Crippen LogP contribution in [0.25, 0.3) is 0 Å². The lowest BCUT2D eigenvalue weighted by Gasteiger charge is -2.14. The van der Waals surface area contributed by atoms with Gasteiger partial charge in [0.25, 0.3) is 0 Å². The van der Waals surface area contributed by atoms with Gasteiger partial charge in [-0.25, -0.2) is 12.7 Å². The van der Waals surface area contributed by atoms with Crippen molar-refractivity contribution in [2.45, 2.75) is 4.90 Å². The van der Waals surface area contributed by atoms with Crippen molar-refractivity contribution in [3.05, 3.63) is 18.2 Å². The Morgan fingerprint density at radius 3 is 2.60 bits per heavy atom. The SMILES string of the molecule is CN(C)S(=O)(=O)c1ccc(NCCOCCO)c(N)c1. The summed E-state index contributed by atoms with van der Waals surface area (Å²) in [5.41, 5.74) is 6.84. The summed E-state index contributed by atoms with van der Waals surface area (Å²) in [6.45, 7) is 1.22. The summed E-state index contributed by atoms with van der Waals surface area (Å²) in [7, 11) is -0.539. The van der Waals surface area contributed by atoms with Crippen LogP contribution in [0.1, 0.15) is 0 Å². The number of nitrogens with one attached hydrogen (secondary N) is 1. The van der Waals surface area contributed by atoms with Crippen molar-refractivity contribution in [1.29, 1.82) is 0 Å². The van der Waals surface area contributed by atoms with Gasteiger partial charge in [-0.2, -0.15) is 0 Å². The molecule has 0 saturated carbocycles. The Balaban J connectivity index is 2.69. The van der Waals surface area contributed by atoms with Crippen molar-refractivity contribution in [1.82, 2.24) is 4.31 Å². The quantitative estimate of drug-likeness (QED) is 0.459. The Labute approximate surface area is 119 Å². The first-order valence-electron chi connectivity index (χ1n) is 6.14. The van der Waals surface area contributed by atoms with Crippen molar-refractivity contribution in [2.24, 2.45) is 0 Å². The molecule has 4 N–H and O–H groups in total. The molecule has 0 atom stereocenters. The molecule has 1 aromatic carbocycles. The van der Waals surface area contributed by atoms with Gasteiger partial charge in [-0.15, -0.1) is 0 Å². The van der Waals surface area contributed by atoms with Gasteiger partial charge in [0, 0.05) is 20.6 Å². The highest BCUT2D eigenvalue weighted by Crippen LogP contribution is 2.23. The maximum Gasteiger partial charge on any atom is 0.242 e. The van der Waals surface area contributed by atoms with Gasteiger partial charge < -0.3 is 20.9 Å². The second-order valence-corrected chi connectivity index (χ2v) is 6.45. The van der Waals surface area contributed by atoms with Crippen molar-refractivity contribution in [3.8, 4) is 0 Å². The van der Waals surface area contributed by atoms with Gasteiger partial charge in [-0.3, -0.25) is 0 Å². The number of sulfonamides is 1. The minimum absolute atomic E-state index is 0.0147. The molecule has 1 aromatic rings. The smallest absolute Gasteiger partial charge is 0.242 e. The third-order valence-electron chi connectivity index (χ3n) is 2.60. The molecule has 7 nitrogen and oxygen atoms in total. The van der Waals surface area contributed by atoms with Crippen LogP contribution in [-0.4, -0.2) is 58.3 Å². The zero-order valence-electron chi connectivity index (χ0n) is 11.7. The maximum atomic E-state index is 11.9. The lowest BCUT2D eigenvalue weighted by atomic mass is 10.2. The molecule has 0 saturated heterocycles. The van der Waals surface area contributed by atoms with E-state index in [0.29, 0.717) is 24.5 Å². The second kappa shape index (κ2) is 7.44.